The molecule has 0 spiro atoms. The number of nitrogens with zero attached hydrogens (tertiary/aromatic N) is 3. The van der Waals surface area contributed by atoms with Crippen molar-refractivity contribution in [1.82, 2.24) is 9.21 Å². The maximum atomic E-state index is 12.9. The van der Waals surface area contributed by atoms with Crippen molar-refractivity contribution in [3.05, 3.63) is 29.3 Å². The number of morpholine rings is 1. The summed E-state index contributed by atoms with van der Waals surface area (Å²) < 4.78 is 32.9. The van der Waals surface area contributed by atoms with Gasteiger partial charge >= 0.3 is 0 Å². The predicted octanol–water partition coefficient (Wildman–Crippen LogP) is 1.81. The molecule has 126 valence electrons. The minimum absolute atomic E-state index is 0.0436. The Hall–Kier alpha value is -1.31. The fourth-order valence-corrected chi connectivity index (χ4v) is 4.55. The Morgan fingerprint density at radius 3 is 2.39 bits per heavy atom. The number of aliphatic imine (C=N–C) groups is 1. The van der Waals surface area contributed by atoms with Gasteiger partial charge in [-0.3, -0.25) is 4.99 Å². The van der Waals surface area contributed by atoms with Gasteiger partial charge in [0.15, 0.2) is 0 Å². The second-order valence-corrected chi connectivity index (χ2v) is 8.17. The van der Waals surface area contributed by atoms with Gasteiger partial charge in [-0.1, -0.05) is 11.6 Å². The zero-order valence-electron chi connectivity index (χ0n) is 13.1. The molecular weight excluding hydrogens is 338 g/mol. The molecule has 0 saturated carbocycles. The molecule has 1 fully saturated rings. The molecule has 2 aliphatic heterocycles. The summed E-state index contributed by atoms with van der Waals surface area (Å²) in [6.07, 6.45) is 0.0873. The highest BCUT2D eigenvalue weighted by Crippen LogP contribution is 2.23. The first kappa shape index (κ1) is 16.5. The number of halogens is 1. The van der Waals surface area contributed by atoms with Crippen molar-refractivity contribution in [2.75, 3.05) is 26.2 Å². The van der Waals surface area contributed by atoms with Crippen LogP contribution in [0.4, 0.5) is 0 Å². The predicted molar refractivity (Wildman–Crippen MR) is 89.2 cm³/mol. The Morgan fingerprint density at radius 1 is 1.17 bits per heavy atom. The molecule has 0 bridgehead atoms. The molecular formula is C15H20ClN3O3S. The molecule has 0 aromatic heterocycles. The van der Waals surface area contributed by atoms with Crippen LogP contribution in [0.25, 0.3) is 0 Å². The monoisotopic (exact) mass is 357 g/mol. The van der Waals surface area contributed by atoms with Crippen molar-refractivity contribution < 1.29 is 13.2 Å². The molecule has 0 aliphatic carbocycles. The minimum atomic E-state index is -3.63. The van der Waals surface area contributed by atoms with Crippen molar-refractivity contribution >= 4 is 27.6 Å². The van der Waals surface area contributed by atoms with E-state index in [2.05, 4.69) is 4.99 Å². The average Bonchev–Trinajstić information content (AvgIpc) is 2.97. The highest BCUT2D eigenvalue weighted by atomic mass is 35.5. The number of rotatable bonds is 2. The number of sulfonamides is 1. The molecule has 1 aromatic rings. The summed E-state index contributed by atoms with van der Waals surface area (Å²) in [5, 5.41) is 0.509. The largest absolute Gasteiger partial charge is 0.372 e. The Morgan fingerprint density at radius 2 is 1.78 bits per heavy atom. The normalized spacial score (nSPS) is 25.6. The molecule has 2 heterocycles. The van der Waals surface area contributed by atoms with Crippen LogP contribution in [-0.2, 0) is 14.8 Å². The van der Waals surface area contributed by atoms with Crippen LogP contribution in [0, 0.1) is 0 Å². The van der Waals surface area contributed by atoms with Crippen LogP contribution in [0.5, 0.6) is 0 Å². The van der Waals surface area contributed by atoms with Gasteiger partial charge in [-0.15, -0.1) is 0 Å². The first-order chi connectivity index (χ1) is 10.9. The van der Waals surface area contributed by atoms with E-state index in [1.54, 1.807) is 12.1 Å². The zero-order valence-corrected chi connectivity index (χ0v) is 14.7. The average molecular weight is 358 g/mol. The first-order valence-electron chi connectivity index (χ1n) is 7.61. The summed E-state index contributed by atoms with van der Waals surface area (Å²) in [4.78, 5) is 6.65. The first-order valence-corrected chi connectivity index (χ1v) is 9.43. The van der Waals surface area contributed by atoms with E-state index >= 15 is 0 Å². The van der Waals surface area contributed by atoms with E-state index in [0.717, 1.165) is 0 Å². The van der Waals surface area contributed by atoms with Crippen molar-refractivity contribution in [3.63, 3.8) is 0 Å². The van der Waals surface area contributed by atoms with Crippen LogP contribution in [0.3, 0.4) is 0 Å². The van der Waals surface area contributed by atoms with Gasteiger partial charge in [-0.2, -0.15) is 0 Å². The van der Waals surface area contributed by atoms with E-state index in [1.807, 2.05) is 18.7 Å². The van der Waals surface area contributed by atoms with Gasteiger partial charge in [0.25, 0.3) is 10.0 Å². The highest BCUT2D eigenvalue weighted by Gasteiger charge is 2.36. The smallest absolute Gasteiger partial charge is 0.266 e. The van der Waals surface area contributed by atoms with Crippen LogP contribution in [-0.4, -0.2) is 62.0 Å². The number of hydrogen-bond donors (Lipinski definition) is 0. The Balaban J connectivity index is 1.87. The van der Waals surface area contributed by atoms with Crippen molar-refractivity contribution in [1.29, 1.82) is 0 Å². The van der Waals surface area contributed by atoms with Crippen molar-refractivity contribution in [2.24, 2.45) is 4.99 Å². The molecule has 3 rings (SSSR count). The standard InChI is InChI=1S/C15H20ClN3O3S/c1-11-9-18(10-12(2)22-11)15-17-7-8-19(15)23(20,21)14-5-3-13(16)4-6-14/h3-6,11-12H,7-10H2,1-2H3/t11-,12-/m0/s1. The van der Waals surface area contributed by atoms with E-state index in [0.29, 0.717) is 37.2 Å². The quantitative estimate of drug-likeness (QED) is 0.809. The van der Waals surface area contributed by atoms with Gasteiger partial charge in [-0.25, -0.2) is 12.7 Å². The number of benzene rings is 1. The minimum Gasteiger partial charge on any atom is -0.372 e. The zero-order chi connectivity index (χ0) is 16.6. The van der Waals surface area contributed by atoms with E-state index in [9.17, 15) is 8.42 Å². The lowest BCUT2D eigenvalue weighted by atomic mass is 10.2. The maximum absolute atomic E-state index is 12.9. The van der Waals surface area contributed by atoms with Gasteiger partial charge < -0.3 is 9.64 Å². The van der Waals surface area contributed by atoms with Crippen LogP contribution in [0.1, 0.15) is 13.8 Å². The van der Waals surface area contributed by atoms with Gasteiger partial charge in [0.05, 0.1) is 30.2 Å². The third-order valence-electron chi connectivity index (χ3n) is 3.88. The van der Waals surface area contributed by atoms with Gasteiger partial charge in [0.1, 0.15) is 0 Å². The number of ether oxygens (including phenoxy) is 1. The second-order valence-electron chi connectivity index (χ2n) is 5.88. The molecule has 2 atom stereocenters. The SMILES string of the molecule is C[C@H]1CN(C2=NCCN2S(=O)(=O)c2ccc(Cl)cc2)C[C@H](C)O1. The fraction of sp³-hybridized carbons (Fsp3) is 0.533. The molecule has 0 radical (unpaired) electrons. The van der Waals surface area contributed by atoms with Crippen molar-refractivity contribution in [2.45, 2.75) is 31.0 Å². The lowest BCUT2D eigenvalue weighted by Crippen LogP contribution is -2.53. The van der Waals surface area contributed by atoms with Crippen LogP contribution in [0.15, 0.2) is 34.2 Å². The molecule has 0 N–H and O–H groups in total. The van der Waals surface area contributed by atoms with E-state index in [4.69, 9.17) is 16.3 Å². The van der Waals surface area contributed by atoms with Crippen LogP contribution < -0.4 is 0 Å². The van der Waals surface area contributed by atoms with E-state index < -0.39 is 10.0 Å². The summed E-state index contributed by atoms with van der Waals surface area (Å²) in [5.74, 6) is 0.516. The van der Waals surface area contributed by atoms with Gasteiger partial charge in [0, 0.05) is 18.1 Å². The molecule has 23 heavy (non-hydrogen) atoms. The maximum Gasteiger partial charge on any atom is 0.266 e. The van der Waals surface area contributed by atoms with E-state index in [1.165, 1.54) is 16.4 Å². The summed E-state index contributed by atoms with van der Waals surface area (Å²) >= 11 is 5.85. The lowest BCUT2D eigenvalue weighted by Gasteiger charge is -2.38. The molecule has 0 amide bonds. The molecule has 6 nitrogen and oxygen atoms in total. The van der Waals surface area contributed by atoms with Gasteiger partial charge in [-0.05, 0) is 38.1 Å². The third-order valence-corrected chi connectivity index (χ3v) is 5.93. The van der Waals surface area contributed by atoms with Crippen LogP contribution >= 0.6 is 11.6 Å². The topological polar surface area (TPSA) is 62.2 Å². The highest BCUT2D eigenvalue weighted by molar-refractivity contribution is 7.89. The fourth-order valence-electron chi connectivity index (χ4n) is 2.98. The summed E-state index contributed by atoms with van der Waals surface area (Å²) in [5.41, 5.74) is 0. The molecule has 1 aromatic carbocycles. The van der Waals surface area contributed by atoms with Crippen LogP contribution in [0.2, 0.25) is 5.02 Å². The Labute approximate surface area is 141 Å². The van der Waals surface area contributed by atoms with Gasteiger partial charge in [0.2, 0.25) is 5.96 Å². The van der Waals surface area contributed by atoms with Crippen molar-refractivity contribution in [3.8, 4) is 0 Å². The number of guanidine groups is 1. The number of hydrogen-bond acceptors (Lipinski definition) is 5. The van der Waals surface area contributed by atoms with E-state index in [-0.39, 0.29) is 17.1 Å². The molecule has 1 saturated heterocycles. The molecule has 2 aliphatic rings. The Kier molecular flexibility index (Phi) is 4.53. The Bertz CT molecular complexity index is 695. The summed E-state index contributed by atoms with van der Waals surface area (Å²) in [6, 6.07) is 6.22. The summed E-state index contributed by atoms with van der Waals surface area (Å²) in [7, 11) is -3.63. The second kappa shape index (κ2) is 6.30. The third kappa shape index (κ3) is 3.32. The molecule has 0 unspecified atom stereocenters. The molecule has 8 heteroatoms. The summed E-state index contributed by atoms with van der Waals surface area (Å²) in [6.45, 7) is 6.07. The lowest BCUT2D eigenvalue weighted by molar-refractivity contribution is -0.0496.